The van der Waals surface area contributed by atoms with Gasteiger partial charge in [-0.05, 0) is 29.5 Å². The van der Waals surface area contributed by atoms with Crippen LogP contribution in [0.15, 0.2) is 36.4 Å². The summed E-state index contributed by atoms with van der Waals surface area (Å²) in [5.41, 5.74) is 2.00. The van der Waals surface area contributed by atoms with Crippen LogP contribution >= 0.6 is 0 Å². The Hall–Kier alpha value is -2.69. The Kier molecular flexibility index (Phi) is 5.68. The molecule has 0 fully saturated rings. The summed E-state index contributed by atoms with van der Waals surface area (Å²) in [6.45, 7) is 4.63. The van der Waals surface area contributed by atoms with Crippen LogP contribution < -0.4 is 9.47 Å². The van der Waals surface area contributed by atoms with Crippen molar-refractivity contribution in [2.45, 2.75) is 32.8 Å². The van der Waals surface area contributed by atoms with Crippen molar-refractivity contribution in [2.24, 2.45) is 0 Å². The standard InChI is InChI=1S/C19H22O5/c1-4-12(2)14-7-5-13(6-8-14)11-24-15-9-16(19(21)22)18(20)17(10-15)23-3/h5-10,12,20H,4,11H2,1-3H3,(H,21,22). The SMILES string of the molecule is CCC(C)c1ccc(COc2cc(OC)c(O)c(C(=O)O)c2)cc1. The van der Waals surface area contributed by atoms with Gasteiger partial charge in [-0.15, -0.1) is 0 Å². The van der Waals surface area contributed by atoms with Crippen LogP contribution in [0.1, 0.15) is 47.7 Å². The van der Waals surface area contributed by atoms with Crippen LogP contribution in [0.25, 0.3) is 0 Å². The fourth-order valence-electron chi connectivity index (χ4n) is 2.33. The number of aromatic carboxylic acids is 1. The molecule has 5 heteroatoms. The third-order valence-electron chi connectivity index (χ3n) is 4.07. The van der Waals surface area contributed by atoms with Gasteiger partial charge in [-0.2, -0.15) is 0 Å². The molecule has 128 valence electrons. The Balaban J connectivity index is 2.14. The highest BCUT2D eigenvalue weighted by Crippen LogP contribution is 2.35. The normalized spacial score (nSPS) is 11.8. The summed E-state index contributed by atoms with van der Waals surface area (Å²) in [7, 11) is 1.36. The van der Waals surface area contributed by atoms with Gasteiger partial charge in [-0.25, -0.2) is 4.79 Å². The largest absolute Gasteiger partial charge is 0.504 e. The first-order valence-corrected chi connectivity index (χ1v) is 7.82. The molecule has 0 heterocycles. The maximum absolute atomic E-state index is 11.2. The number of phenols is 1. The van der Waals surface area contributed by atoms with Crippen molar-refractivity contribution in [1.82, 2.24) is 0 Å². The summed E-state index contributed by atoms with van der Waals surface area (Å²) in [6, 6.07) is 10.9. The number of ether oxygens (including phenoxy) is 2. The fraction of sp³-hybridized carbons (Fsp3) is 0.316. The van der Waals surface area contributed by atoms with Gasteiger partial charge in [0.15, 0.2) is 11.5 Å². The first kappa shape index (κ1) is 17.7. The third-order valence-corrected chi connectivity index (χ3v) is 4.07. The van der Waals surface area contributed by atoms with Gasteiger partial charge in [0, 0.05) is 6.07 Å². The molecule has 0 bridgehead atoms. The minimum Gasteiger partial charge on any atom is -0.504 e. The van der Waals surface area contributed by atoms with Crippen LogP contribution in [-0.4, -0.2) is 23.3 Å². The van der Waals surface area contributed by atoms with E-state index >= 15 is 0 Å². The molecule has 0 saturated carbocycles. The predicted octanol–water partition coefficient (Wildman–Crippen LogP) is 4.19. The lowest BCUT2D eigenvalue weighted by molar-refractivity contribution is 0.0692. The molecule has 5 nitrogen and oxygen atoms in total. The van der Waals surface area contributed by atoms with E-state index in [1.807, 2.05) is 12.1 Å². The maximum atomic E-state index is 11.2. The zero-order valence-corrected chi connectivity index (χ0v) is 14.1. The summed E-state index contributed by atoms with van der Waals surface area (Å²) in [5, 5.41) is 18.9. The molecule has 24 heavy (non-hydrogen) atoms. The van der Waals surface area contributed by atoms with E-state index in [0.717, 1.165) is 12.0 Å². The number of aromatic hydroxyl groups is 1. The monoisotopic (exact) mass is 330 g/mol. The average molecular weight is 330 g/mol. The van der Waals surface area contributed by atoms with Gasteiger partial charge >= 0.3 is 5.97 Å². The highest BCUT2D eigenvalue weighted by molar-refractivity contribution is 5.92. The Morgan fingerprint density at radius 3 is 2.42 bits per heavy atom. The smallest absolute Gasteiger partial charge is 0.339 e. The Labute approximate surface area is 141 Å². The molecule has 0 aromatic heterocycles. The number of hydrogen-bond donors (Lipinski definition) is 2. The molecule has 2 aromatic carbocycles. The van der Waals surface area contributed by atoms with Crippen LogP contribution in [0.3, 0.4) is 0 Å². The molecular formula is C19H22O5. The van der Waals surface area contributed by atoms with Crippen LogP contribution in [0, 0.1) is 0 Å². The first-order valence-electron chi connectivity index (χ1n) is 7.82. The number of carbonyl (C=O) groups is 1. The van der Waals surface area contributed by atoms with Gasteiger partial charge < -0.3 is 19.7 Å². The van der Waals surface area contributed by atoms with Crippen LogP contribution in [-0.2, 0) is 6.61 Å². The van der Waals surface area contributed by atoms with Gasteiger partial charge in [-0.3, -0.25) is 0 Å². The predicted molar refractivity (Wildman–Crippen MR) is 91.1 cm³/mol. The molecule has 2 rings (SSSR count). The molecule has 0 aliphatic carbocycles. The molecule has 1 atom stereocenters. The van der Waals surface area contributed by atoms with E-state index in [9.17, 15) is 9.90 Å². The maximum Gasteiger partial charge on any atom is 0.339 e. The Bertz CT molecular complexity index is 706. The second kappa shape index (κ2) is 7.73. The van der Waals surface area contributed by atoms with Crippen molar-refractivity contribution in [3.8, 4) is 17.2 Å². The summed E-state index contributed by atoms with van der Waals surface area (Å²) in [6.07, 6.45) is 1.08. The number of benzene rings is 2. The number of carboxylic acids is 1. The number of carboxylic acid groups (broad SMARTS) is 1. The quantitative estimate of drug-likeness (QED) is 0.796. The molecule has 0 saturated heterocycles. The minimum absolute atomic E-state index is 0.0667. The van der Waals surface area contributed by atoms with Crippen LogP contribution in [0.4, 0.5) is 0 Å². The van der Waals surface area contributed by atoms with E-state index < -0.39 is 11.7 Å². The zero-order chi connectivity index (χ0) is 17.7. The van der Waals surface area contributed by atoms with Crippen molar-refractivity contribution in [1.29, 1.82) is 0 Å². The molecule has 1 unspecified atom stereocenters. The third kappa shape index (κ3) is 3.98. The highest BCUT2D eigenvalue weighted by atomic mass is 16.5. The molecular weight excluding hydrogens is 308 g/mol. The molecule has 0 aliphatic rings. The first-order chi connectivity index (χ1) is 11.5. The lowest BCUT2D eigenvalue weighted by Gasteiger charge is -2.12. The number of rotatable bonds is 7. The molecule has 0 amide bonds. The minimum atomic E-state index is -1.24. The van der Waals surface area contributed by atoms with Gasteiger partial charge in [0.25, 0.3) is 0 Å². The fourth-order valence-corrected chi connectivity index (χ4v) is 2.33. The summed E-state index contributed by atoms with van der Waals surface area (Å²) >= 11 is 0. The highest BCUT2D eigenvalue weighted by Gasteiger charge is 2.17. The molecule has 0 spiro atoms. The Morgan fingerprint density at radius 2 is 1.88 bits per heavy atom. The van der Waals surface area contributed by atoms with E-state index in [1.54, 1.807) is 0 Å². The zero-order valence-electron chi connectivity index (χ0n) is 14.1. The topological polar surface area (TPSA) is 76.0 Å². The van der Waals surface area contributed by atoms with E-state index in [1.165, 1.54) is 24.8 Å². The van der Waals surface area contributed by atoms with Crippen molar-refractivity contribution in [3.05, 3.63) is 53.1 Å². The van der Waals surface area contributed by atoms with Gasteiger partial charge in [0.05, 0.1) is 7.11 Å². The lowest BCUT2D eigenvalue weighted by atomic mass is 9.98. The number of hydrogen-bond acceptors (Lipinski definition) is 4. The van der Waals surface area contributed by atoms with Crippen LogP contribution in [0.2, 0.25) is 0 Å². The summed E-state index contributed by atoms with van der Waals surface area (Å²) in [5.74, 6) is -0.742. The average Bonchev–Trinajstić information content (AvgIpc) is 2.60. The molecule has 0 radical (unpaired) electrons. The second-order valence-electron chi connectivity index (χ2n) is 5.67. The second-order valence-corrected chi connectivity index (χ2v) is 5.67. The lowest BCUT2D eigenvalue weighted by Crippen LogP contribution is -2.02. The van der Waals surface area contributed by atoms with E-state index in [0.29, 0.717) is 18.3 Å². The molecule has 2 N–H and O–H groups in total. The summed E-state index contributed by atoms with van der Waals surface area (Å²) in [4.78, 5) is 11.2. The van der Waals surface area contributed by atoms with Gasteiger partial charge in [-0.1, -0.05) is 38.1 Å². The van der Waals surface area contributed by atoms with E-state index in [-0.39, 0.29) is 11.3 Å². The molecule has 0 aliphatic heterocycles. The van der Waals surface area contributed by atoms with E-state index in [4.69, 9.17) is 14.6 Å². The van der Waals surface area contributed by atoms with Crippen molar-refractivity contribution >= 4 is 5.97 Å². The number of methoxy groups -OCH3 is 1. The van der Waals surface area contributed by atoms with E-state index in [2.05, 4.69) is 26.0 Å². The summed E-state index contributed by atoms with van der Waals surface area (Å²) < 4.78 is 10.6. The van der Waals surface area contributed by atoms with Crippen molar-refractivity contribution in [2.75, 3.05) is 7.11 Å². The van der Waals surface area contributed by atoms with Crippen molar-refractivity contribution < 1.29 is 24.5 Å². The van der Waals surface area contributed by atoms with Gasteiger partial charge in [0.1, 0.15) is 17.9 Å². The Morgan fingerprint density at radius 1 is 1.21 bits per heavy atom. The van der Waals surface area contributed by atoms with Crippen LogP contribution in [0.5, 0.6) is 17.2 Å². The molecule has 2 aromatic rings. The van der Waals surface area contributed by atoms with Gasteiger partial charge in [0.2, 0.25) is 0 Å². The van der Waals surface area contributed by atoms with Crippen molar-refractivity contribution in [3.63, 3.8) is 0 Å².